The first-order valence-electron chi connectivity index (χ1n) is 9.74. The second kappa shape index (κ2) is 11.7. The number of ketones is 1. The second-order valence-electron chi connectivity index (χ2n) is 6.33. The molecule has 0 saturated heterocycles. The summed E-state index contributed by atoms with van der Waals surface area (Å²) in [5, 5.41) is 0. The van der Waals surface area contributed by atoms with Gasteiger partial charge in [0, 0.05) is 24.2 Å². The summed E-state index contributed by atoms with van der Waals surface area (Å²) in [5.41, 5.74) is 0.653. The molecule has 2 rings (SSSR count). The Morgan fingerprint density at radius 3 is 2.32 bits per heavy atom. The molecule has 0 N–H and O–H groups in total. The van der Waals surface area contributed by atoms with Gasteiger partial charge in [0.15, 0.2) is 23.9 Å². The van der Waals surface area contributed by atoms with E-state index in [-0.39, 0.29) is 35.4 Å². The molecule has 6 nitrogen and oxygen atoms in total. The van der Waals surface area contributed by atoms with Crippen LogP contribution in [-0.2, 0) is 4.79 Å². The lowest BCUT2D eigenvalue weighted by molar-refractivity contribution is -0.132. The third-order valence-electron chi connectivity index (χ3n) is 4.47. The SMILES string of the molecule is CCN(CC)C(=O)COc1ccc(C(=O)/C=C/c2cccc(OC)c2OC(F)F)cc1. The first kappa shape index (κ1) is 23.9. The number of allylic oxidation sites excluding steroid dienone is 1. The molecule has 0 radical (unpaired) electrons. The zero-order valence-corrected chi connectivity index (χ0v) is 17.6. The highest BCUT2D eigenvalue weighted by molar-refractivity contribution is 6.07. The van der Waals surface area contributed by atoms with Crippen molar-refractivity contribution in [3.8, 4) is 17.2 Å². The van der Waals surface area contributed by atoms with Gasteiger partial charge in [-0.25, -0.2) is 0 Å². The van der Waals surface area contributed by atoms with Gasteiger partial charge in [-0.2, -0.15) is 8.78 Å². The van der Waals surface area contributed by atoms with E-state index < -0.39 is 6.61 Å². The maximum absolute atomic E-state index is 12.7. The predicted molar refractivity (Wildman–Crippen MR) is 113 cm³/mol. The van der Waals surface area contributed by atoms with Gasteiger partial charge in [0.05, 0.1) is 7.11 Å². The minimum atomic E-state index is -3.03. The van der Waals surface area contributed by atoms with Crippen LogP contribution in [0.2, 0.25) is 0 Å². The van der Waals surface area contributed by atoms with Crippen molar-refractivity contribution >= 4 is 17.8 Å². The van der Waals surface area contributed by atoms with Gasteiger partial charge in [-0.05, 0) is 56.3 Å². The van der Waals surface area contributed by atoms with Crippen LogP contribution in [0.1, 0.15) is 29.8 Å². The first-order chi connectivity index (χ1) is 14.9. The molecule has 0 saturated carbocycles. The summed E-state index contributed by atoms with van der Waals surface area (Å²) in [7, 11) is 1.34. The van der Waals surface area contributed by atoms with E-state index in [1.54, 1.807) is 35.2 Å². The molecular formula is C23H25F2NO5. The molecular weight excluding hydrogens is 408 g/mol. The number of benzene rings is 2. The molecule has 0 bridgehead atoms. The quantitative estimate of drug-likeness (QED) is 0.387. The number of hydrogen-bond acceptors (Lipinski definition) is 5. The summed E-state index contributed by atoms with van der Waals surface area (Å²) in [4.78, 5) is 26.1. The van der Waals surface area contributed by atoms with E-state index in [1.807, 2.05) is 13.8 Å². The highest BCUT2D eigenvalue weighted by Crippen LogP contribution is 2.33. The van der Waals surface area contributed by atoms with Gasteiger partial charge in [0.2, 0.25) is 0 Å². The smallest absolute Gasteiger partial charge is 0.387 e. The monoisotopic (exact) mass is 433 g/mol. The Bertz CT molecular complexity index is 909. The van der Waals surface area contributed by atoms with E-state index in [4.69, 9.17) is 9.47 Å². The molecule has 0 heterocycles. The van der Waals surface area contributed by atoms with Crippen LogP contribution >= 0.6 is 0 Å². The largest absolute Gasteiger partial charge is 0.493 e. The highest BCUT2D eigenvalue weighted by Gasteiger charge is 2.14. The summed E-state index contributed by atoms with van der Waals surface area (Å²) in [6, 6.07) is 10.9. The Morgan fingerprint density at radius 2 is 1.74 bits per heavy atom. The van der Waals surface area contributed by atoms with Crippen molar-refractivity contribution in [1.29, 1.82) is 0 Å². The summed E-state index contributed by atoms with van der Waals surface area (Å²) in [6.45, 7) is 1.89. The molecule has 0 aliphatic rings. The fourth-order valence-electron chi connectivity index (χ4n) is 2.83. The van der Waals surface area contributed by atoms with Crippen molar-refractivity contribution in [3.05, 3.63) is 59.7 Å². The van der Waals surface area contributed by atoms with Gasteiger partial charge in [-0.1, -0.05) is 12.1 Å². The van der Waals surface area contributed by atoms with E-state index in [0.29, 0.717) is 24.4 Å². The number of ether oxygens (including phenoxy) is 3. The van der Waals surface area contributed by atoms with Crippen LogP contribution in [0.3, 0.4) is 0 Å². The third-order valence-corrected chi connectivity index (χ3v) is 4.47. The van der Waals surface area contributed by atoms with E-state index >= 15 is 0 Å². The normalized spacial score (nSPS) is 10.9. The average Bonchev–Trinajstić information content (AvgIpc) is 2.77. The number of methoxy groups -OCH3 is 1. The third kappa shape index (κ3) is 6.80. The Morgan fingerprint density at radius 1 is 1.06 bits per heavy atom. The van der Waals surface area contributed by atoms with E-state index in [1.165, 1.54) is 31.4 Å². The Labute approximate surface area is 180 Å². The topological polar surface area (TPSA) is 65.1 Å². The minimum Gasteiger partial charge on any atom is -0.493 e. The fraction of sp³-hybridized carbons (Fsp3) is 0.304. The van der Waals surface area contributed by atoms with Crippen LogP contribution in [0.4, 0.5) is 8.78 Å². The summed E-state index contributed by atoms with van der Waals surface area (Å²) in [6.07, 6.45) is 2.64. The van der Waals surface area contributed by atoms with Crippen LogP contribution in [0.5, 0.6) is 17.2 Å². The average molecular weight is 433 g/mol. The summed E-state index contributed by atoms with van der Waals surface area (Å²) >= 11 is 0. The molecule has 0 aliphatic carbocycles. The number of alkyl halides is 2. The number of likely N-dealkylation sites (N-methyl/N-ethyl adjacent to an activating group) is 1. The Kier molecular flexibility index (Phi) is 8.99. The standard InChI is InChI=1S/C23H25F2NO5/c1-4-26(5-2)21(28)15-30-18-12-9-16(10-13-18)19(27)14-11-17-7-6-8-20(29-3)22(17)31-23(24)25/h6-14,23H,4-5,15H2,1-3H3/b14-11+. The van der Waals surface area contributed by atoms with E-state index in [0.717, 1.165) is 0 Å². The summed E-state index contributed by atoms with van der Waals surface area (Å²) in [5.74, 6) is -0.00689. The predicted octanol–water partition coefficient (Wildman–Crippen LogP) is 4.44. The zero-order chi connectivity index (χ0) is 22.8. The van der Waals surface area contributed by atoms with Crippen LogP contribution in [0, 0.1) is 0 Å². The molecule has 1 amide bonds. The number of nitrogens with zero attached hydrogens (tertiary/aromatic N) is 1. The molecule has 31 heavy (non-hydrogen) atoms. The molecule has 0 aromatic heterocycles. The fourth-order valence-corrected chi connectivity index (χ4v) is 2.83. The number of amides is 1. The number of hydrogen-bond donors (Lipinski definition) is 0. The molecule has 2 aromatic carbocycles. The number of carbonyl (C=O) groups excluding carboxylic acids is 2. The Balaban J connectivity index is 2.06. The number of rotatable bonds is 11. The van der Waals surface area contributed by atoms with Gasteiger partial charge in [0.1, 0.15) is 5.75 Å². The minimum absolute atomic E-state index is 0.0857. The van der Waals surface area contributed by atoms with Crippen molar-refractivity contribution < 1.29 is 32.6 Å². The molecule has 0 spiro atoms. The lowest BCUT2D eigenvalue weighted by Crippen LogP contribution is -2.34. The molecule has 0 fully saturated rings. The van der Waals surface area contributed by atoms with Gasteiger partial charge < -0.3 is 19.1 Å². The molecule has 0 unspecified atom stereocenters. The second-order valence-corrected chi connectivity index (χ2v) is 6.33. The number of para-hydroxylation sites is 1. The van der Waals surface area contributed by atoms with Crippen molar-refractivity contribution in [2.75, 3.05) is 26.8 Å². The molecule has 0 atom stereocenters. The molecule has 8 heteroatoms. The van der Waals surface area contributed by atoms with Crippen molar-refractivity contribution in [1.82, 2.24) is 4.90 Å². The van der Waals surface area contributed by atoms with Crippen LogP contribution in [-0.4, -0.2) is 50.0 Å². The van der Waals surface area contributed by atoms with Gasteiger partial charge >= 0.3 is 6.61 Å². The van der Waals surface area contributed by atoms with E-state index in [9.17, 15) is 18.4 Å². The lowest BCUT2D eigenvalue weighted by atomic mass is 10.1. The van der Waals surface area contributed by atoms with Crippen molar-refractivity contribution in [3.63, 3.8) is 0 Å². The number of halogens is 2. The lowest BCUT2D eigenvalue weighted by Gasteiger charge is -2.18. The summed E-state index contributed by atoms with van der Waals surface area (Å²) < 4.78 is 40.5. The zero-order valence-electron chi connectivity index (χ0n) is 17.6. The van der Waals surface area contributed by atoms with Gasteiger partial charge in [-0.3, -0.25) is 9.59 Å². The van der Waals surface area contributed by atoms with Crippen molar-refractivity contribution in [2.24, 2.45) is 0 Å². The molecule has 0 aliphatic heterocycles. The van der Waals surface area contributed by atoms with Gasteiger partial charge in [0.25, 0.3) is 5.91 Å². The van der Waals surface area contributed by atoms with E-state index in [2.05, 4.69) is 4.74 Å². The molecule has 166 valence electrons. The van der Waals surface area contributed by atoms with Crippen LogP contribution < -0.4 is 14.2 Å². The first-order valence-corrected chi connectivity index (χ1v) is 9.74. The van der Waals surface area contributed by atoms with Crippen molar-refractivity contribution in [2.45, 2.75) is 20.5 Å². The van der Waals surface area contributed by atoms with Gasteiger partial charge in [-0.15, -0.1) is 0 Å². The molecule has 2 aromatic rings. The maximum atomic E-state index is 12.7. The highest BCUT2D eigenvalue weighted by atomic mass is 19.3. The van der Waals surface area contributed by atoms with Crippen LogP contribution in [0.15, 0.2) is 48.5 Å². The maximum Gasteiger partial charge on any atom is 0.387 e. The number of carbonyl (C=O) groups is 2. The van der Waals surface area contributed by atoms with Crippen LogP contribution in [0.25, 0.3) is 6.08 Å². The Hall–Kier alpha value is -3.42.